The number of nitrogens with zero attached hydrogens (tertiary/aromatic N) is 1. The van der Waals surface area contributed by atoms with Gasteiger partial charge in [0.1, 0.15) is 6.10 Å². The van der Waals surface area contributed by atoms with Gasteiger partial charge in [0.25, 0.3) is 5.91 Å². The van der Waals surface area contributed by atoms with Gasteiger partial charge in [-0.25, -0.2) is 0 Å². The molecule has 86 valence electrons. The van der Waals surface area contributed by atoms with E-state index in [0.717, 1.165) is 45.5 Å². The third kappa shape index (κ3) is 2.32. The van der Waals surface area contributed by atoms with Crippen LogP contribution in [0.4, 0.5) is 0 Å². The molecule has 1 amide bonds. The number of amides is 1. The summed E-state index contributed by atoms with van der Waals surface area (Å²) in [6.45, 7) is 5.61. The Bertz CT molecular complexity index is 223. The highest BCUT2D eigenvalue weighted by atomic mass is 16.5. The Labute approximate surface area is 91.0 Å². The minimum absolute atomic E-state index is 0.155. The van der Waals surface area contributed by atoms with Crippen LogP contribution in [0.3, 0.4) is 0 Å². The number of hydrogen-bond acceptors (Lipinski definition) is 3. The Morgan fingerprint density at radius 2 is 2.33 bits per heavy atom. The Morgan fingerprint density at radius 1 is 1.53 bits per heavy atom. The summed E-state index contributed by atoms with van der Waals surface area (Å²) in [5.41, 5.74) is 0. The highest BCUT2D eigenvalue weighted by Crippen LogP contribution is 2.17. The number of rotatable bonds is 4. The first-order valence-corrected chi connectivity index (χ1v) is 5.95. The highest BCUT2D eigenvalue weighted by molar-refractivity contribution is 5.81. The molecule has 0 unspecified atom stereocenters. The van der Waals surface area contributed by atoms with E-state index in [1.165, 1.54) is 0 Å². The van der Waals surface area contributed by atoms with Crippen LogP contribution in [0, 0.1) is 0 Å². The molecule has 0 spiro atoms. The van der Waals surface area contributed by atoms with Crippen molar-refractivity contribution in [1.82, 2.24) is 10.2 Å². The van der Waals surface area contributed by atoms with Gasteiger partial charge in [-0.15, -0.1) is 0 Å². The molecule has 4 heteroatoms. The van der Waals surface area contributed by atoms with Crippen LogP contribution in [0.5, 0.6) is 0 Å². The maximum absolute atomic E-state index is 12.1. The van der Waals surface area contributed by atoms with E-state index in [1.807, 2.05) is 4.90 Å². The fourth-order valence-corrected chi connectivity index (χ4v) is 2.16. The molecule has 0 bridgehead atoms. The number of carbonyl (C=O) groups is 1. The molecule has 15 heavy (non-hydrogen) atoms. The molecule has 2 aliphatic heterocycles. The van der Waals surface area contributed by atoms with Crippen molar-refractivity contribution in [3.8, 4) is 0 Å². The van der Waals surface area contributed by atoms with Crippen molar-refractivity contribution in [1.29, 1.82) is 0 Å². The van der Waals surface area contributed by atoms with E-state index >= 15 is 0 Å². The SMILES string of the molecule is CCCN(C(=O)[C@H]1CCCO1)C1CNC1. The van der Waals surface area contributed by atoms with Crippen LogP contribution in [0.25, 0.3) is 0 Å². The molecule has 0 aromatic heterocycles. The summed E-state index contributed by atoms with van der Waals surface area (Å²) in [5, 5.41) is 3.21. The molecule has 2 aliphatic rings. The standard InChI is InChI=1S/C11H20N2O2/c1-2-5-13(9-7-12-8-9)11(14)10-4-3-6-15-10/h9-10,12H,2-8H2,1H3/t10-/m1/s1. The molecule has 4 nitrogen and oxygen atoms in total. The summed E-state index contributed by atoms with van der Waals surface area (Å²) in [6.07, 6.45) is 2.80. The Hall–Kier alpha value is -0.610. The molecule has 2 rings (SSSR count). The van der Waals surface area contributed by atoms with Gasteiger partial charge in [0.2, 0.25) is 0 Å². The Kier molecular flexibility index (Phi) is 3.59. The van der Waals surface area contributed by atoms with Crippen molar-refractivity contribution in [3.63, 3.8) is 0 Å². The summed E-state index contributed by atoms with van der Waals surface area (Å²) < 4.78 is 5.45. The predicted molar refractivity (Wildman–Crippen MR) is 57.6 cm³/mol. The normalized spacial score (nSPS) is 26.3. The van der Waals surface area contributed by atoms with Crippen LogP contribution in [0.15, 0.2) is 0 Å². The Balaban J connectivity index is 1.92. The van der Waals surface area contributed by atoms with Crippen molar-refractivity contribution in [2.45, 2.75) is 38.3 Å². The lowest BCUT2D eigenvalue weighted by Gasteiger charge is -2.39. The van der Waals surface area contributed by atoms with E-state index in [9.17, 15) is 4.79 Å². The molecule has 2 fully saturated rings. The summed E-state index contributed by atoms with van der Waals surface area (Å²) >= 11 is 0. The number of carbonyl (C=O) groups excluding carboxylic acids is 1. The first kappa shape index (κ1) is 10.9. The van der Waals surface area contributed by atoms with Gasteiger partial charge in [-0.05, 0) is 19.3 Å². The number of hydrogen-bond donors (Lipinski definition) is 1. The smallest absolute Gasteiger partial charge is 0.252 e. The molecule has 0 aromatic rings. The van der Waals surface area contributed by atoms with E-state index < -0.39 is 0 Å². The molecule has 0 radical (unpaired) electrons. The second-order valence-electron chi connectivity index (χ2n) is 4.35. The van der Waals surface area contributed by atoms with E-state index in [4.69, 9.17) is 4.74 Å². The van der Waals surface area contributed by atoms with Crippen LogP contribution < -0.4 is 5.32 Å². The zero-order valence-corrected chi connectivity index (χ0v) is 9.37. The average Bonchev–Trinajstić information content (AvgIpc) is 2.66. The second kappa shape index (κ2) is 4.94. The molecule has 0 aromatic carbocycles. The molecule has 2 heterocycles. The van der Waals surface area contributed by atoms with Crippen LogP contribution in [0.1, 0.15) is 26.2 Å². The summed E-state index contributed by atoms with van der Waals surface area (Å²) in [5.74, 6) is 0.209. The van der Waals surface area contributed by atoms with Gasteiger partial charge in [-0.1, -0.05) is 6.92 Å². The third-order valence-electron chi connectivity index (χ3n) is 3.15. The van der Waals surface area contributed by atoms with Crippen molar-refractivity contribution in [3.05, 3.63) is 0 Å². The topological polar surface area (TPSA) is 41.6 Å². The third-order valence-corrected chi connectivity index (χ3v) is 3.15. The first-order chi connectivity index (χ1) is 7.33. The van der Waals surface area contributed by atoms with Crippen LogP contribution in [0.2, 0.25) is 0 Å². The van der Waals surface area contributed by atoms with E-state index in [2.05, 4.69) is 12.2 Å². The molecule has 0 saturated carbocycles. The zero-order valence-electron chi connectivity index (χ0n) is 9.37. The van der Waals surface area contributed by atoms with Crippen molar-refractivity contribution >= 4 is 5.91 Å². The van der Waals surface area contributed by atoms with E-state index in [1.54, 1.807) is 0 Å². The predicted octanol–water partition coefficient (Wildman–Crippen LogP) is 0.376. The highest BCUT2D eigenvalue weighted by Gasteiger charge is 2.34. The molecule has 1 atom stereocenters. The van der Waals surface area contributed by atoms with Crippen LogP contribution in [-0.4, -0.2) is 49.2 Å². The quantitative estimate of drug-likeness (QED) is 0.732. The summed E-state index contributed by atoms with van der Waals surface area (Å²) in [6, 6.07) is 0.404. The van der Waals surface area contributed by atoms with Gasteiger partial charge in [0.15, 0.2) is 0 Å². The van der Waals surface area contributed by atoms with Gasteiger partial charge < -0.3 is 15.0 Å². The van der Waals surface area contributed by atoms with Crippen molar-refractivity contribution in [2.75, 3.05) is 26.2 Å². The fraction of sp³-hybridized carbons (Fsp3) is 0.909. The lowest BCUT2D eigenvalue weighted by atomic mass is 10.1. The number of ether oxygens (including phenoxy) is 1. The van der Waals surface area contributed by atoms with Crippen LogP contribution in [-0.2, 0) is 9.53 Å². The summed E-state index contributed by atoms with van der Waals surface area (Å²) in [4.78, 5) is 14.1. The monoisotopic (exact) mass is 212 g/mol. The molecule has 0 aliphatic carbocycles. The number of nitrogens with one attached hydrogen (secondary N) is 1. The molecule has 1 N–H and O–H groups in total. The molecular formula is C11H20N2O2. The van der Waals surface area contributed by atoms with Gasteiger partial charge in [-0.3, -0.25) is 4.79 Å². The Morgan fingerprint density at radius 3 is 2.80 bits per heavy atom. The minimum Gasteiger partial charge on any atom is -0.368 e. The molecule has 2 saturated heterocycles. The van der Waals surface area contributed by atoms with E-state index in [0.29, 0.717) is 6.04 Å². The maximum Gasteiger partial charge on any atom is 0.252 e. The van der Waals surface area contributed by atoms with Gasteiger partial charge in [0.05, 0.1) is 6.04 Å². The van der Waals surface area contributed by atoms with Crippen molar-refractivity contribution < 1.29 is 9.53 Å². The van der Waals surface area contributed by atoms with Gasteiger partial charge in [-0.2, -0.15) is 0 Å². The van der Waals surface area contributed by atoms with Crippen LogP contribution >= 0.6 is 0 Å². The fourth-order valence-electron chi connectivity index (χ4n) is 2.16. The lowest BCUT2D eigenvalue weighted by molar-refractivity contribution is -0.144. The van der Waals surface area contributed by atoms with Crippen molar-refractivity contribution in [2.24, 2.45) is 0 Å². The largest absolute Gasteiger partial charge is 0.368 e. The van der Waals surface area contributed by atoms with Gasteiger partial charge in [0, 0.05) is 26.2 Å². The van der Waals surface area contributed by atoms with E-state index in [-0.39, 0.29) is 12.0 Å². The zero-order chi connectivity index (χ0) is 10.7. The van der Waals surface area contributed by atoms with Gasteiger partial charge >= 0.3 is 0 Å². The summed E-state index contributed by atoms with van der Waals surface area (Å²) in [7, 11) is 0. The molecular weight excluding hydrogens is 192 g/mol. The first-order valence-electron chi connectivity index (χ1n) is 5.95. The average molecular weight is 212 g/mol. The lowest BCUT2D eigenvalue weighted by Crippen LogP contribution is -2.60. The second-order valence-corrected chi connectivity index (χ2v) is 4.35. The minimum atomic E-state index is -0.155. The maximum atomic E-state index is 12.1.